The van der Waals surface area contributed by atoms with Crippen LogP contribution in [0.3, 0.4) is 0 Å². The van der Waals surface area contributed by atoms with Crippen LogP contribution in [0.25, 0.3) is 11.3 Å². The third kappa shape index (κ3) is 2.82. The number of aromatic nitrogens is 1. The Morgan fingerprint density at radius 1 is 1.21 bits per heavy atom. The molecule has 0 saturated carbocycles. The predicted molar refractivity (Wildman–Crippen MR) is 74.0 cm³/mol. The fourth-order valence-corrected chi connectivity index (χ4v) is 2.20. The number of nitriles is 1. The Morgan fingerprint density at radius 3 is 2.42 bits per heavy atom. The van der Waals surface area contributed by atoms with Crippen molar-refractivity contribution in [3.8, 4) is 17.3 Å². The molecule has 2 nitrogen and oxygen atoms in total. The summed E-state index contributed by atoms with van der Waals surface area (Å²) in [6.07, 6.45) is 1.40. The summed E-state index contributed by atoms with van der Waals surface area (Å²) in [5.41, 5.74) is 0.777. The predicted octanol–water partition coefficient (Wildman–Crippen LogP) is 4.91. The number of nitrogens with zero attached hydrogens (tertiary/aromatic N) is 2. The van der Waals surface area contributed by atoms with E-state index in [1.54, 1.807) is 0 Å². The van der Waals surface area contributed by atoms with Gasteiger partial charge in [-0.1, -0.05) is 34.8 Å². The molecule has 0 unspecified atom stereocenters. The highest BCUT2D eigenvalue weighted by Crippen LogP contribution is 2.35. The van der Waals surface area contributed by atoms with Gasteiger partial charge in [0.1, 0.15) is 5.69 Å². The van der Waals surface area contributed by atoms with Gasteiger partial charge in [-0.15, -0.1) is 0 Å². The second-order valence-electron chi connectivity index (χ2n) is 3.72. The Morgan fingerprint density at radius 2 is 1.84 bits per heavy atom. The van der Waals surface area contributed by atoms with Gasteiger partial charge in [-0.2, -0.15) is 5.26 Å². The van der Waals surface area contributed by atoms with Crippen LogP contribution < -0.4 is 0 Å². The zero-order chi connectivity index (χ0) is 14.0. The van der Waals surface area contributed by atoms with Gasteiger partial charge in [0.25, 0.3) is 0 Å². The topological polar surface area (TPSA) is 36.7 Å². The first-order valence-electron chi connectivity index (χ1n) is 5.20. The van der Waals surface area contributed by atoms with Crippen molar-refractivity contribution in [2.45, 2.75) is 6.42 Å². The molecule has 0 aliphatic carbocycles. The van der Waals surface area contributed by atoms with E-state index < -0.39 is 5.82 Å². The van der Waals surface area contributed by atoms with E-state index in [-0.39, 0.29) is 32.7 Å². The summed E-state index contributed by atoms with van der Waals surface area (Å²) in [7, 11) is 0. The van der Waals surface area contributed by atoms with E-state index in [2.05, 4.69) is 4.98 Å². The quantitative estimate of drug-likeness (QED) is 0.738. The first kappa shape index (κ1) is 14.1. The Kier molecular flexibility index (Phi) is 4.26. The van der Waals surface area contributed by atoms with Crippen LogP contribution in [0.4, 0.5) is 4.39 Å². The molecular formula is C13H6Cl3FN2. The standard InChI is InChI=1S/C13H6Cl3FN2/c14-9-5-8(6-10(15)11(9)16)13-12(17)7(1-3-18)2-4-19-13/h2,4-6H,1H2. The lowest BCUT2D eigenvalue weighted by Crippen LogP contribution is -1.96. The summed E-state index contributed by atoms with van der Waals surface area (Å²) < 4.78 is 14.2. The summed E-state index contributed by atoms with van der Waals surface area (Å²) in [6.45, 7) is 0. The van der Waals surface area contributed by atoms with Crippen molar-refractivity contribution in [3.63, 3.8) is 0 Å². The SMILES string of the molecule is N#CCc1ccnc(-c2cc(Cl)c(Cl)c(Cl)c2)c1F. The molecule has 2 aromatic rings. The lowest BCUT2D eigenvalue weighted by Gasteiger charge is -2.08. The molecule has 0 spiro atoms. The molecule has 0 bridgehead atoms. The zero-order valence-corrected chi connectivity index (χ0v) is 11.7. The number of halogens is 4. The van der Waals surface area contributed by atoms with Crippen LogP contribution in [0.1, 0.15) is 5.56 Å². The molecule has 0 amide bonds. The monoisotopic (exact) mass is 314 g/mol. The van der Waals surface area contributed by atoms with Crippen LogP contribution in [-0.2, 0) is 6.42 Å². The molecule has 6 heteroatoms. The van der Waals surface area contributed by atoms with Gasteiger partial charge in [-0.05, 0) is 18.2 Å². The molecule has 96 valence electrons. The van der Waals surface area contributed by atoms with E-state index in [0.717, 1.165) is 0 Å². The van der Waals surface area contributed by atoms with Gasteiger partial charge in [-0.3, -0.25) is 4.98 Å². The first-order valence-corrected chi connectivity index (χ1v) is 6.33. The lowest BCUT2D eigenvalue weighted by atomic mass is 10.1. The molecule has 19 heavy (non-hydrogen) atoms. The lowest BCUT2D eigenvalue weighted by molar-refractivity contribution is 0.613. The molecule has 1 aromatic heterocycles. The van der Waals surface area contributed by atoms with Gasteiger partial charge < -0.3 is 0 Å². The van der Waals surface area contributed by atoms with E-state index in [9.17, 15) is 4.39 Å². The Hall–Kier alpha value is -1.34. The summed E-state index contributed by atoms with van der Waals surface area (Å²) >= 11 is 17.6. The highest BCUT2D eigenvalue weighted by atomic mass is 35.5. The summed E-state index contributed by atoms with van der Waals surface area (Å²) in [5.74, 6) is -0.557. The average molecular weight is 316 g/mol. The van der Waals surface area contributed by atoms with Crippen molar-refractivity contribution in [1.29, 1.82) is 5.26 Å². The molecule has 0 radical (unpaired) electrons. The zero-order valence-electron chi connectivity index (χ0n) is 9.42. The van der Waals surface area contributed by atoms with Crippen LogP contribution in [-0.4, -0.2) is 4.98 Å². The fourth-order valence-electron chi connectivity index (χ4n) is 1.60. The van der Waals surface area contributed by atoms with E-state index in [0.29, 0.717) is 5.56 Å². The van der Waals surface area contributed by atoms with Crippen molar-refractivity contribution in [3.05, 3.63) is 50.8 Å². The summed E-state index contributed by atoms with van der Waals surface area (Å²) in [6, 6.07) is 6.32. The number of hydrogen-bond acceptors (Lipinski definition) is 2. The normalized spacial score (nSPS) is 10.3. The van der Waals surface area contributed by atoms with Crippen LogP contribution in [0.2, 0.25) is 15.1 Å². The minimum absolute atomic E-state index is 0.0313. The minimum atomic E-state index is -0.557. The maximum Gasteiger partial charge on any atom is 0.153 e. The van der Waals surface area contributed by atoms with Crippen molar-refractivity contribution in [1.82, 2.24) is 4.98 Å². The molecule has 0 saturated heterocycles. The van der Waals surface area contributed by atoms with E-state index in [4.69, 9.17) is 40.1 Å². The van der Waals surface area contributed by atoms with Crippen molar-refractivity contribution >= 4 is 34.8 Å². The Labute approximate surface area is 124 Å². The van der Waals surface area contributed by atoms with E-state index in [1.165, 1.54) is 24.4 Å². The van der Waals surface area contributed by atoms with Gasteiger partial charge in [0.05, 0.1) is 27.6 Å². The molecule has 0 aliphatic rings. The van der Waals surface area contributed by atoms with Gasteiger partial charge >= 0.3 is 0 Å². The number of pyridine rings is 1. The van der Waals surface area contributed by atoms with Gasteiger partial charge in [0.2, 0.25) is 0 Å². The molecule has 1 aromatic carbocycles. The summed E-state index contributed by atoms with van der Waals surface area (Å²) in [5, 5.41) is 9.28. The molecule has 0 atom stereocenters. The maximum absolute atomic E-state index is 14.2. The highest BCUT2D eigenvalue weighted by Gasteiger charge is 2.14. The molecule has 0 fully saturated rings. The maximum atomic E-state index is 14.2. The molecule has 0 N–H and O–H groups in total. The number of hydrogen-bond donors (Lipinski definition) is 0. The van der Waals surface area contributed by atoms with Crippen molar-refractivity contribution < 1.29 is 4.39 Å². The first-order chi connectivity index (χ1) is 9.04. The molecule has 0 aliphatic heterocycles. The number of rotatable bonds is 2. The molecule has 1 heterocycles. The largest absolute Gasteiger partial charge is 0.253 e. The third-order valence-corrected chi connectivity index (χ3v) is 3.69. The minimum Gasteiger partial charge on any atom is -0.253 e. The Bertz CT molecular complexity index is 657. The second-order valence-corrected chi connectivity index (χ2v) is 4.91. The molecule has 2 rings (SSSR count). The Balaban J connectivity index is 2.60. The number of benzene rings is 1. The van der Waals surface area contributed by atoms with Crippen LogP contribution in [0.15, 0.2) is 24.4 Å². The second kappa shape index (κ2) is 5.75. The third-order valence-electron chi connectivity index (χ3n) is 2.50. The van der Waals surface area contributed by atoms with Crippen molar-refractivity contribution in [2.24, 2.45) is 0 Å². The van der Waals surface area contributed by atoms with Gasteiger partial charge in [0, 0.05) is 17.3 Å². The molecular weight excluding hydrogens is 310 g/mol. The van der Waals surface area contributed by atoms with Crippen LogP contribution in [0.5, 0.6) is 0 Å². The van der Waals surface area contributed by atoms with Gasteiger partial charge in [-0.25, -0.2) is 4.39 Å². The average Bonchev–Trinajstić information content (AvgIpc) is 2.38. The van der Waals surface area contributed by atoms with Crippen LogP contribution >= 0.6 is 34.8 Å². The smallest absolute Gasteiger partial charge is 0.153 e. The van der Waals surface area contributed by atoms with E-state index in [1.807, 2.05) is 6.07 Å². The fraction of sp³-hybridized carbons (Fsp3) is 0.0769. The van der Waals surface area contributed by atoms with E-state index >= 15 is 0 Å². The van der Waals surface area contributed by atoms with Crippen LogP contribution in [0, 0.1) is 17.1 Å². The van der Waals surface area contributed by atoms with Crippen molar-refractivity contribution in [2.75, 3.05) is 0 Å². The van der Waals surface area contributed by atoms with Gasteiger partial charge in [0.15, 0.2) is 5.82 Å². The highest BCUT2D eigenvalue weighted by molar-refractivity contribution is 6.48. The summed E-state index contributed by atoms with van der Waals surface area (Å²) in [4.78, 5) is 3.96.